The molecule has 0 aromatic heterocycles. The van der Waals surface area contributed by atoms with Crippen LogP contribution in [0.25, 0.3) is 0 Å². The molecule has 1 aliphatic heterocycles. The van der Waals surface area contributed by atoms with Gasteiger partial charge in [0.2, 0.25) is 0 Å². The molecule has 1 unspecified atom stereocenters. The van der Waals surface area contributed by atoms with Gasteiger partial charge in [-0.05, 0) is 43.4 Å². The van der Waals surface area contributed by atoms with E-state index in [0.29, 0.717) is 6.04 Å². The van der Waals surface area contributed by atoms with Gasteiger partial charge < -0.3 is 10.1 Å². The van der Waals surface area contributed by atoms with Crippen LogP contribution in [0.15, 0.2) is 24.3 Å². The van der Waals surface area contributed by atoms with E-state index in [4.69, 9.17) is 10.00 Å². The minimum Gasteiger partial charge on any atom is -0.375 e. The average Bonchev–Trinajstić information content (AvgIpc) is 2.54. The molecule has 3 nitrogen and oxygen atoms in total. The summed E-state index contributed by atoms with van der Waals surface area (Å²) in [7, 11) is 0. The molecule has 0 amide bonds. The number of nitriles is 1. The summed E-state index contributed by atoms with van der Waals surface area (Å²) in [6.45, 7) is 1.78. The molecule has 3 rings (SSSR count). The summed E-state index contributed by atoms with van der Waals surface area (Å²) < 4.78 is 6.14. The number of ether oxygens (including phenoxy) is 1. The Labute approximate surface area is 127 Å². The third-order valence-corrected chi connectivity index (χ3v) is 4.94. The zero-order valence-electron chi connectivity index (χ0n) is 12.6. The van der Waals surface area contributed by atoms with E-state index in [1.807, 2.05) is 24.3 Å². The van der Waals surface area contributed by atoms with Crippen molar-refractivity contribution in [2.45, 2.75) is 63.1 Å². The van der Waals surface area contributed by atoms with Crippen molar-refractivity contribution in [1.29, 1.82) is 5.26 Å². The summed E-state index contributed by atoms with van der Waals surface area (Å²) in [5, 5.41) is 12.5. The molecule has 1 N–H and O–H groups in total. The van der Waals surface area contributed by atoms with Crippen LogP contribution in [0.3, 0.4) is 0 Å². The fourth-order valence-electron chi connectivity index (χ4n) is 3.71. The maximum absolute atomic E-state index is 8.82. The average molecular weight is 284 g/mol. The van der Waals surface area contributed by atoms with Crippen LogP contribution in [-0.4, -0.2) is 18.2 Å². The van der Waals surface area contributed by atoms with Crippen molar-refractivity contribution >= 4 is 0 Å². The van der Waals surface area contributed by atoms with Crippen LogP contribution in [0.1, 0.15) is 56.1 Å². The van der Waals surface area contributed by atoms with Gasteiger partial charge >= 0.3 is 0 Å². The van der Waals surface area contributed by atoms with Gasteiger partial charge in [-0.25, -0.2) is 0 Å². The lowest BCUT2D eigenvalue weighted by molar-refractivity contribution is -0.109. The number of nitrogens with zero attached hydrogens (tertiary/aromatic N) is 1. The highest BCUT2D eigenvalue weighted by atomic mass is 16.5. The maximum Gasteiger partial charge on any atom is 0.0991 e. The van der Waals surface area contributed by atoms with Crippen LogP contribution in [0.5, 0.6) is 0 Å². The molecular weight excluding hydrogens is 260 g/mol. The Morgan fingerprint density at radius 3 is 2.67 bits per heavy atom. The largest absolute Gasteiger partial charge is 0.375 e. The molecule has 1 aromatic carbocycles. The molecule has 1 atom stereocenters. The van der Waals surface area contributed by atoms with Gasteiger partial charge in [0.05, 0.1) is 17.2 Å². The quantitative estimate of drug-likeness (QED) is 0.923. The van der Waals surface area contributed by atoms with Crippen LogP contribution >= 0.6 is 0 Å². The molecule has 1 aromatic rings. The molecule has 112 valence electrons. The predicted octanol–water partition coefficient (Wildman–Crippen LogP) is 3.53. The van der Waals surface area contributed by atoms with Crippen molar-refractivity contribution in [3.8, 4) is 6.07 Å². The molecule has 1 spiro atoms. The summed E-state index contributed by atoms with van der Waals surface area (Å²) in [6.07, 6.45) is 8.75. The second-order valence-electron chi connectivity index (χ2n) is 6.47. The summed E-state index contributed by atoms with van der Waals surface area (Å²) in [4.78, 5) is 0. The first-order chi connectivity index (χ1) is 10.3. The van der Waals surface area contributed by atoms with E-state index in [1.165, 1.54) is 37.7 Å². The molecular formula is C18H24N2O. The molecule has 0 bridgehead atoms. The van der Waals surface area contributed by atoms with E-state index in [-0.39, 0.29) is 5.60 Å². The van der Waals surface area contributed by atoms with E-state index >= 15 is 0 Å². The van der Waals surface area contributed by atoms with Crippen molar-refractivity contribution in [1.82, 2.24) is 5.32 Å². The molecule has 2 aliphatic rings. The monoisotopic (exact) mass is 284 g/mol. The summed E-state index contributed by atoms with van der Waals surface area (Å²) >= 11 is 0. The minimum atomic E-state index is 0.166. The van der Waals surface area contributed by atoms with Crippen molar-refractivity contribution in [2.75, 3.05) is 6.61 Å². The smallest absolute Gasteiger partial charge is 0.0991 e. The standard InChI is InChI=1S/C18H24N2O/c19-13-15-4-6-16(7-5-15)14-20-17-8-11-21-18(12-17)9-2-1-3-10-18/h4-7,17,20H,1-3,8-12,14H2. The number of rotatable bonds is 3. The van der Waals surface area contributed by atoms with Gasteiger partial charge in [-0.2, -0.15) is 5.26 Å². The van der Waals surface area contributed by atoms with Gasteiger partial charge in [0.1, 0.15) is 0 Å². The lowest BCUT2D eigenvalue weighted by Gasteiger charge is -2.43. The van der Waals surface area contributed by atoms with Gasteiger partial charge in [-0.1, -0.05) is 31.4 Å². The lowest BCUT2D eigenvalue weighted by Crippen LogP contribution is -2.47. The maximum atomic E-state index is 8.82. The third kappa shape index (κ3) is 3.64. The minimum absolute atomic E-state index is 0.166. The molecule has 1 saturated carbocycles. The van der Waals surface area contributed by atoms with Gasteiger partial charge in [0, 0.05) is 19.2 Å². The molecule has 3 heteroatoms. The molecule has 21 heavy (non-hydrogen) atoms. The number of hydrogen-bond donors (Lipinski definition) is 1. The van der Waals surface area contributed by atoms with Gasteiger partial charge in [0.25, 0.3) is 0 Å². The van der Waals surface area contributed by atoms with Crippen molar-refractivity contribution in [3.05, 3.63) is 35.4 Å². The Morgan fingerprint density at radius 1 is 1.19 bits per heavy atom. The fraction of sp³-hybridized carbons (Fsp3) is 0.611. The van der Waals surface area contributed by atoms with E-state index in [1.54, 1.807) is 0 Å². The zero-order valence-corrected chi connectivity index (χ0v) is 12.6. The SMILES string of the molecule is N#Cc1ccc(CNC2CCOC3(CCCCC3)C2)cc1. The molecule has 2 fully saturated rings. The van der Waals surface area contributed by atoms with Crippen LogP contribution in [-0.2, 0) is 11.3 Å². The fourth-order valence-corrected chi connectivity index (χ4v) is 3.71. The van der Waals surface area contributed by atoms with E-state index in [9.17, 15) is 0 Å². The lowest BCUT2D eigenvalue weighted by atomic mass is 9.78. The van der Waals surface area contributed by atoms with Gasteiger partial charge in [-0.15, -0.1) is 0 Å². The normalized spacial score (nSPS) is 24.6. The highest BCUT2D eigenvalue weighted by Gasteiger charge is 2.38. The Kier molecular flexibility index (Phi) is 4.57. The molecule has 1 aliphatic carbocycles. The molecule has 1 saturated heterocycles. The van der Waals surface area contributed by atoms with Gasteiger partial charge in [0.15, 0.2) is 0 Å². The van der Waals surface area contributed by atoms with Crippen LogP contribution in [0, 0.1) is 11.3 Å². The Bertz CT molecular complexity index is 491. The Balaban J connectivity index is 1.53. The molecule has 1 heterocycles. The summed E-state index contributed by atoms with van der Waals surface area (Å²) in [5.41, 5.74) is 2.14. The van der Waals surface area contributed by atoms with E-state index in [2.05, 4.69) is 11.4 Å². The zero-order chi connectivity index (χ0) is 14.5. The summed E-state index contributed by atoms with van der Waals surface area (Å²) in [5.74, 6) is 0. The Hall–Kier alpha value is -1.37. The Morgan fingerprint density at radius 2 is 1.95 bits per heavy atom. The van der Waals surface area contributed by atoms with Gasteiger partial charge in [-0.3, -0.25) is 0 Å². The predicted molar refractivity (Wildman–Crippen MR) is 82.8 cm³/mol. The van der Waals surface area contributed by atoms with Crippen LogP contribution in [0.2, 0.25) is 0 Å². The number of benzene rings is 1. The van der Waals surface area contributed by atoms with Crippen molar-refractivity contribution in [2.24, 2.45) is 0 Å². The topological polar surface area (TPSA) is 45.0 Å². The first-order valence-electron chi connectivity index (χ1n) is 8.16. The van der Waals surface area contributed by atoms with Crippen molar-refractivity contribution in [3.63, 3.8) is 0 Å². The van der Waals surface area contributed by atoms with E-state index < -0.39 is 0 Å². The highest BCUT2D eigenvalue weighted by Crippen LogP contribution is 2.38. The number of hydrogen-bond acceptors (Lipinski definition) is 3. The summed E-state index contributed by atoms with van der Waals surface area (Å²) in [6, 6.07) is 10.6. The second kappa shape index (κ2) is 6.60. The van der Waals surface area contributed by atoms with Crippen molar-refractivity contribution < 1.29 is 4.74 Å². The second-order valence-corrected chi connectivity index (χ2v) is 6.47. The first kappa shape index (κ1) is 14.6. The highest BCUT2D eigenvalue weighted by molar-refractivity contribution is 5.31. The van der Waals surface area contributed by atoms with E-state index in [0.717, 1.165) is 31.6 Å². The number of nitrogens with one attached hydrogen (secondary N) is 1. The third-order valence-electron chi connectivity index (χ3n) is 4.94. The molecule has 0 radical (unpaired) electrons. The van der Waals surface area contributed by atoms with Crippen LogP contribution in [0.4, 0.5) is 0 Å². The first-order valence-corrected chi connectivity index (χ1v) is 8.16. The van der Waals surface area contributed by atoms with Crippen LogP contribution < -0.4 is 5.32 Å².